The van der Waals surface area contributed by atoms with E-state index in [2.05, 4.69) is 4.98 Å². The van der Waals surface area contributed by atoms with Crippen molar-refractivity contribution in [3.05, 3.63) is 78.3 Å². The maximum absolute atomic E-state index is 13.6. The molecule has 7 nitrogen and oxygen atoms in total. The first-order valence-corrected chi connectivity index (χ1v) is 14.5. The Balaban J connectivity index is 1.43. The summed E-state index contributed by atoms with van der Waals surface area (Å²) >= 11 is 1.43. The molecule has 1 saturated carbocycles. The standard InChI is InChI=1S/C27H29N3O4S2/c1-2-30(21-9-4-3-5-10-21)36(32,33)23-16-14-20(15-17-23)26(31)29(19-22-11-8-18-34-22)27-28-24-12-6-7-13-25(24)35-27/h6-8,11-18,21H,2-5,9-10,19H2,1H3. The van der Waals surface area contributed by atoms with Crippen molar-refractivity contribution < 1.29 is 17.6 Å². The third kappa shape index (κ3) is 4.96. The van der Waals surface area contributed by atoms with Crippen molar-refractivity contribution in [1.82, 2.24) is 9.29 Å². The van der Waals surface area contributed by atoms with Crippen LogP contribution in [0.1, 0.15) is 55.1 Å². The van der Waals surface area contributed by atoms with Gasteiger partial charge in [0.1, 0.15) is 5.76 Å². The molecule has 4 aromatic rings. The number of thiazole rings is 1. The number of carbonyl (C=O) groups is 1. The van der Waals surface area contributed by atoms with Crippen molar-refractivity contribution in [3.63, 3.8) is 0 Å². The molecule has 0 aliphatic heterocycles. The summed E-state index contributed by atoms with van der Waals surface area (Å²) in [4.78, 5) is 20.1. The van der Waals surface area contributed by atoms with Crippen LogP contribution in [0.2, 0.25) is 0 Å². The first-order chi connectivity index (χ1) is 17.5. The number of amides is 1. The van der Waals surface area contributed by atoms with E-state index in [1.54, 1.807) is 33.7 Å². The van der Waals surface area contributed by atoms with Crippen molar-refractivity contribution in [3.8, 4) is 0 Å². The third-order valence-electron chi connectivity index (χ3n) is 6.65. The van der Waals surface area contributed by atoms with Crippen LogP contribution in [0.5, 0.6) is 0 Å². The molecule has 2 aromatic carbocycles. The van der Waals surface area contributed by atoms with E-state index in [-0.39, 0.29) is 23.4 Å². The van der Waals surface area contributed by atoms with Gasteiger partial charge in [0, 0.05) is 18.2 Å². The summed E-state index contributed by atoms with van der Waals surface area (Å²) in [5.74, 6) is 0.363. The third-order valence-corrected chi connectivity index (χ3v) is 9.76. The van der Waals surface area contributed by atoms with E-state index in [1.165, 1.54) is 23.5 Å². The number of carbonyl (C=O) groups excluding carboxylic acids is 1. The molecule has 0 spiro atoms. The van der Waals surface area contributed by atoms with E-state index in [0.29, 0.717) is 23.0 Å². The monoisotopic (exact) mass is 523 g/mol. The molecular formula is C27H29N3O4S2. The smallest absolute Gasteiger partial charge is 0.260 e. The maximum atomic E-state index is 13.6. The molecule has 0 unspecified atom stereocenters. The van der Waals surface area contributed by atoms with Crippen molar-refractivity contribution in [2.24, 2.45) is 0 Å². The van der Waals surface area contributed by atoms with Crippen molar-refractivity contribution in [2.45, 2.75) is 56.5 Å². The number of para-hydroxylation sites is 1. The van der Waals surface area contributed by atoms with E-state index in [0.717, 1.165) is 42.3 Å². The maximum Gasteiger partial charge on any atom is 0.260 e. The van der Waals surface area contributed by atoms with Gasteiger partial charge in [-0.05, 0) is 61.4 Å². The molecule has 0 radical (unpaired) electrons. The lowest BCUT2D eigenvalue weighted by Crippen LogP contribution is -2.41. The highest BCUT2D eigenvalue weighted by atomic mass is 32.2. The van der Waals surface area contributed by atoms with E-state index < -0.39 is 10.0 Å². The predicted molar refractivity (Wildman–Crippen MR) is 142 cm³/mol. The largest absolute Gasteiger partial charge is 0.467 e. The normalized spacial score (nSPS) is 14.9. The number of fused-ring (bicyclic) bond motifs is 1. The Morgan fingerprint density at radius 3 is 2.44 bits per heavy atom. The van der Waals surface area contributed by atoms with Crippen LogP contribution in [0.15, 0.2) is 76.2 Å². The van der Waals surface area contributed by atoms with Crippen LogP contribution in [-0.2, 0) is 16.6 Å². The number of furan rings is 1. The second-order valence-electron chi connectivity index (χ2n) is 8.96. The van der Waals surface area contributed by atoms with Gasteiger partial charge in [-0.15, -0.1) is 0 Å². The van der Waals surface area contributed by atoms with Gasteiger partial charge in [0.2, 0.25) is 10.0 Å². The fourth-order valence-corrected chi connectivity index (χ4v) is 7.47. The highest BCUT2D eigenvalue weighted by molar-refractivity contribution is 7.89. The summed E-state index contributed by atoms with van der Waals surface area (Å²) in [6, 6.07) is 17.6. The average molecular weight is 524 g/mol. The zero-order valence-corrected chi connectivity index (χ0v) is 21.8. The molecule has 0 saturated heterocycles. The summed E-state index contributed by atoms with van der Waals surface area (Å²) in [7, 11) is -3.64. The Bertz CT molecular complexity index is 1390. The molecule has 2 aromatic heterocycles. The number of aromatic nitrogens is 1. The summed E-state index contributed by atoms with van der Waals surface area (Å²) in [5, 5.41) is 0.559. The molecular weight excluding hydrogens is 494 g/mol. The molecule has 5 rings (SSSR count). The van der Waals surface area contributed by atoms with Crippen molar-refractivity contribution in [1.29, 1.82) is 0 Å². The molecule has 9 heteroatoms. The molecule has 0 atom stereocenters. The zero-order valence-electron chi connectivity index (χ0n) is 20.2. The second kappa shape index (κ2) is 10.5. The van der Waals surface area contributed by atoms with Crippen LogP contribution in [-0.4, -0.2) is 36.2 Å². The summed E-state index contributed by atoms with van der Waals surface area (Å²) < 4.78 is 34.9. The van der Waals surface area contributed by atoms with E-state index in [4.69, 9.17) is 4.42 Å². The average Bonchev–Trinajstić information content (AvgIpc) is 3.57. The van der Waals surface area contributed by atoms with Crippen molar-refractivity contribution in [2.75, 3.05) is 11.4 Å². The Morgan fingerprint density at radius 1 is 1.03 bits per heavy atom. The molecule has 1 aliphatic carbocycles. The molecule has 2 heterocycles. The zero-order chi connectivity index (χ0) is 25.1. The van der Waals surface area contributed by atoms with Gasteiger partial charge in [-0.1, -0.05) is 49.7 Å². The van der Waals surface area contributed by atoms with Gasteiger partial charge < -0.3 is 4.42 Å². The Hall–Kier alpha value is -3.01. The van der Waals surface area contributed by atoms with Gasteiger partial charge in [0.25, 0.3) is 5.91 Å². The Labute approximate surface area is 215 Å². The minimum atomic E-state index is -3.64. The fourth-order valence-electron chi connectivity index (χ4n) is 4.81. The number of sulfonamides is 1. The van der Waals surface area contributed by atoms with E-state index in [9.17, 15) is 13.2 Å². The number of nitrogens with zero attached hydrogens (tertiary/aromatic N) is 3. The van der Waals surface area contributed by atoms with Gasteiger partial charge in [-0.25, -0.2) is 13.4 Å². The predicted octanol–water partition coefficient (Wildman–Crippen LogP) is 6.08. The number of hydrogen-bond donors (Lipinski definition) is 0. The summed E-state index contributed by atoms with van der Waals surface area (Å²) in [6.07, 6.45) is 6.64. The molecule has 1 amide bonds. The van der Waals surface area contributed by atoms with Crippen LogP contribution >= 0.6 is 11.3 Å². The second-order valence-corrected chi connectivity index (χ2v) is 11.9. The van der Waals surface area contributed by atoms with Gasteiger partial charge in [-0.3, -0.25) is 9.69 Å². The molecule has 0 N–H and O–H groups in total. The number of anilines is 1. The first-order valence-electron chi connectivity index (χ1n) is 12.3. The lowest BCUT2D eigenvalue weighted by Gasteiger charge is -2.32. The first kappa shape index (κ1) is 24.7. The lowest BCUT2D eigenvalue weighted by atomic mass is 9.95. The van der Waals surface area contributed by atoms with Crippen LogP contribution < -0.4 is 4.90 Å². The molecule has 0 bridgehead atoms. The quantitative estimate of drug-likeness (QED) is 0.279. The number of rotatable bonds is 8. The topological polar surface area (TPSA) is 83.7 Å². The highest BCUT2D eigenvalue weighted by Crippen LogP contribution is 2.32. The van der Waals surface area contributed by atoms with Crippen LogP contribution in [0.3, 0.4) is 0 Å². The van der Waals surface area contributed by atoms with Gasteiger partial charge in [-0.2, -0.15) is 4.31 Å². The van der Waals surface area contributed by atoms with Crippen LogP contribution in [0.25, 0.3) is 10.2 Å². The Morgan fingerprint density at radius 2 is 1.78 bits per heavy atom. The van der Waals surface area contributed by atoms with E-state index >= 15 is 0 Å². The number of hydrogen-bond acceptors (Lipinski definition) is 6. The lowest BCUT2D eigenvalue weighted by molar-refractivity contribution is 0.0983. The minimum Gasteiger partial charge on any atom is -0.467 e. The Kier molecular flexibility index (Phi) is 7.22. The highest BCUT2D eigenvalue weighted by Gasteiger charge is 2.31. The van der Waals surface area contributed by atoms with Gasteiger partial charge in [0.05, 0.1) is 27.9 Å². The SMILES string of the molecule is CCN(C1CCCCC1)S(=O)(=O)c1ccc(C(=O)N(Cc2ccco2)c2nc3ccccc3s2)cc1. The minimum absolute atomic E-state index is 0.0397. The van der Waals surface area contributed by atoms with E-state index in [1.807, 2.05) is 37.3 Å². The summed E-state index contributed by atoms with van der Waals surface area (Å²) in [5.41, 5.74) is 1.21. The molecule has 1 fully saturated rings. The molecule has 188 valence electrons. The van der Waals surface area contributed by atoms with Crippen LogP contribution in [0, 0.1) is 0 Å². The van der Waals surface area contributed by atoms with Crippen molar-refractivity contribution >= 4 is 42.6 Å². The number of benzene rings is 2. The van der Waals surface area contributed by atoms with Gasteiger partial charge in [0.15, 0.2) is 5.13 Å². The van der Waals surface area contributed by atoms with Crippen LogP contribution in [0.4, 0.5) is 5.13 Å². The van der Waals surface area contributed by atoms with Gasteiger partial charge >= 0.3 is 0 Å². The molecule has 36 heavy (non-hydrogen) atoms. The molecule has 1 aliphatic rings. The summed E-state index contributed by atoms with van der Waals surface area (Å²) in [6.45, 7) is 2.54. The fraction of sp³-hybridized carbons (Fsp3) is 0.333.